The smallest absolute Gasteiger partial charge is 0.0680 e. The molecule has 1 N–H and O–H groups in total. The average molecular weight is 249 g/mol. The molecule has 92 valence electrons. The highest BCUT2D eigenvalue weighted by atomic mass is 32.1. The molecular formula is C13H19N3S. The van der Waals surface area contributed by atoms with Gasteiger partial charge in [-0.25, -0.2) is 0 Å². The molecule has 0 aliphatic heterocycles. The lowest BCUT2D eigenvalue weighted by Crippen LogP contribution is -2.16. The molecule has 0 amide bonds. The first-order valence-corrected chi connectivity index (χ1v) is 6.77. The summed E-state index contributed by atoms with van der Waals surface area (Å²) in [6, 6.07) is 4.83. The molecule has 2 rings (SSSR count). The SMILES string of the molecule is CCNC(C)c1ccc(-c2cn(C)nc2C)s1. The van der Waals surface area contributed by atoms with Crippen LogP contribution >= 0.6 is 11.3 Å². The van der Waals surface area contributed by atoms with E-state index in [1.54, 1.807) is 0 Å². The monoisotopic (exact) mass is 249 g/mol. The van der Waals surface area contributed by atoms with Gasteiger partial charge in [-0.2, -0.15) is 5.10 Å². The largest absolute Gasteiger partial charge is 0.310 e. The molecule has 3 nitrogen and oxygen atoms in total. The van der Waals surface area contributed by atoms with Crippen LogP contribution in [0.3, 0.4) is 0 Å². The van der Waals surface area contributed by atoms with Gasteiger partial charge >= 0.3 is 0 Å². The summed E-state index contributed by atoms with van der Waals surface area (Å²) in [6.07, 6.45) is 2.09. The highest BCUT2D eigenvalue weighted by Gasteiger charge is 2.11. The third kappa shape index (κ3) is 2.58. The van der Waals surface area contributed by atoms with E-state index in [1.165, 1.54) is 15.3 Å². The van der Waals surface area contributed by atoms with Gasteiger partial charge in [-0.1, -0.05) is 6.92 Å². The molecule has 0 bridgehead atoms. The predicted octanol–water partition coefficient (Wildman–Crippen LogP) is 3.13. The zero-order chi connectivity index (χ0) is 12.4. The molecule has 0 aromatic carbocycles. The van der Waals surface area contributed by atoms with E-state index in [0.717, 1.165) is 12.2 Å². The Kier molecular flexibility index (Phi) is 3.64. The van der Waals surface area contributed by atoms with Crippen LogP contribution in [0.1, 0.15) is 30.5 Å². The summed E-state index contributed by atoms with van der Waals surface area (Å²) < 4.78 is 1.87. The first kappa shape index (κ1) is 12.3. The van der Waals surface area contributed by atoms with Gasteiger partial charge in [0.15, 0.2) is 0 Å². The van der Waals surface area contributed by atoms with Crippen molar-refractivity contribution >= 4 is 11.3 Å². The minimum atomic E-state index is 0.427. The third-order valence-corrected chi connectivity index (χ3v) is 4.14. The minimum absolute atomic E-state index is 0.427. The van der Waals surface area contributed by atoms with Crippen LogP contribution in [-0.2, 0) is 7.05 Å². The summed E-state index contributed by atoms with van der Waals surface area (Å²) >= 11 is 1.85. The quantitative estimate of drug-likeness (QED) is 0.902. The molecule has 0 aliphatic carbocycles. The summed E-state index contributed by atoms with van der Waals surface area (Å²) in [5.74, 6) is 0. The summed E-state index contributed by atoms with van der Waals surface area (Å²) in [6.45, 7) is 7.40. The Morgan fingerprint density at radius 1 is 1.47 bits per heavy atom. The van der Waals surface area contributed by atoms with Crippen molar-refractivity contribution in [3.8, 4) is 10.4 Å². The van der Waals surface area contributed by atoms with Crippen molar-refractivity contribution < 1.29 is 0 Å². The van der Waals surface area contributed by atoms with Gasteiger partial charge in [0.1, 0.15) is 0 Å². The van der Waals surface area contributed by atoms with E-state index < -0.39 is 0 Å². The molecule has 0 spiro atoms. The van der Waals surface area contributed by atoms with Crippen LogP contribution < -0.4 is 5.32 Å². The molecule has 0 saturated carbocycles. The van der Waals surface area contributed by atoms with Crippen molar-refractivity contribution in [3.05, 3.63) is 28.9 Å². The van der Waals surface area contributed by atoms with E-state index in [9.17, 15) is 0 Å². The van der Waals surface area contributed by atoms with Crippen LogP contribution in [0, 0.1) is 6.92 Å². The highest BCUT2D eigenvalue weighted by molar-refractivity contribution is 7.15. The van der Waals surface area contributed by atoms with E-state index in [4.69, 9.17) is 0 Å². The van der Waals surface area contributed by atoms with Gasteiger partial charge in [0, 0.05) is 34.6 Å². The Morgan fingerprint density at radius 3 is 2.82 bits per heavy atom. The number of nitrogens with zero attached hydrogens (tertiary/aromatic N) is 2. The van der Waals surface area contributed by atoms with Crippen LogP contribution in [0.2, 0.25) is 0 Å². The lowest BCUT2D eigenvalue weighted by atomic mass is 10.2. The normalized spacial score (nSPS) is 12.9. The minimum Gasteiger partial charge on any atom is -0.310 e. The zero-order valence-corrected chi connectivity index (χ0v) is 11.6. The van der Waals surface area contributed by atoms with Crippen molar-refractivity contribution in [3.63, 3.8) is 0 Å². The molecule has 2 aromatic heterocycles. The van der Waals surface area contributed by atoms with Crippen LogP contribution in [-0.4, -0.2) is 16.3 Å². The Labute approximate surface area is 106 Å². The molecule has 2 aromatic rings. The van der Waals surface area contributed by atoms with Crippen molar-refractivity contribution in [2.75, 3.05) is 6.54 Å². The second kappa shape index (κ2) is 5.02. The summed E-state index contributed by atoms with van der Waals surface area (Å²) in [5, 5.41) is 7.82. The van der Waals surface area contributed by atoms with Crippen molar-refractivity contribution in [2.24, 2.45) is 7.05 Å². The molecule has 1 atom stereocenters. The second-order valence-electron chi connectivity index (χ2n) is 4.28. The third-order valence-electron chi connectivity index (χ3n) is 2.84. The van der Waals surface area contributed by atoms with Crippen molar-refractivity contribution in [2.45, 2.75) is 26.8 Å². The molecule has 0 radical (unpaired) electrons. The molecule has 0 saturated heterocycles. The number of hydrogen-bond acceptors (Lipinski definition) is 3. The number of thiophene rings is 1. The number of aromatic nitrogens is 2. The molecule has 1 unspecified atom stereocenters. The maximum Gasteiger partial charge on any atom is 0.0680 e. The van der Waals surface area contributed by atoms with E-state index in [1.807, 2.05) is 23.1 Å². The van der Waals surface area contributed by atoms with Gasteiger partial charge in [0.05, 0.1) is 5.69 Å². The van der Waals surface area contributed by atoms with Gasteiger partial charge in [0.25, 0.3) is 0 Å². The van der Waals surface area contributed by atoms with Gasteiger partial charge < -0.3 is 5.32 Å². The number of hydrogen-bond donors (Lipinski definition) is 1. The summed E-state index contributed by atoms with van der Waals surface area (Å²) in [4.78, 5) is 2.68. The predicted molar refractivity (Wildman–Crippen MR) is 73.3 cm³/mol. The fourth-order valence-corrected chi connectivity index (χ4v) is 3.08. The van der Waals surface area contributed by atoms with Gasteiger partial charge in [-0.05, 0) is 32.5 Å². The topological polar surface area (TPSA) is 29.9 Å². The first-order chi connectivity index (χ1) is 8.11. The molecule has 0 aliphatic rings. The van der Waals surface area contributed by atoms with E-state index in [2.05, 4.69) is 49.5 Å². The first-order valence-electron chi connectivity index (χ1n) is 5.95. The Bertz CT molecular complexity index is 498. The van der Waals surface area contributed by atoms with E-state index in [0.29, 0.717) is 6.04 Å². The lowest BCUT2D eigenvalue weighted by molar-refractivity contribution is 0.607. The second-order valence-corrected chi connectivity index (χ2v) is 5.40. The number of nitrogens with one attached hydrogen (secondary N) is 1. The van der Waals surface area contributed by atoms with Gasteiger partial charge in [-0.3, -0.25) is 4.68 Å². The van der Waals surface area contributed by atoms with Crippen LogP contribution in [0.25, 0.3) is 10.4 Å². The van der Waals surface area contributed by atoms with E-state index in [-0.39, 0.29) is 0 Å². The fourth-order valence-electron chi connectivity index (χ4n) is 1.98. The molecule has 17 heavy (non-hydrogen) atoms. The zero-order valence-electron chi connectivity index (χ0n) is 10.8. The molecular weight excluding hydrogens is 230 g/mol. The van der Waals surface area contributed by atoms with Gasteiger partial charge in [-0.15, -0.1) is 11.3 Å². The van der Waals surface area contributed by atoms with Crippen molar-refractivity contribution in [1.82, 2.24) is 15.1 Å². The Hall–Kier alpha value is -1.13. The standard InChI is InChI=1S/C13H19N3S/c1-5-14-10(3)12-6-7-13(17-12)11-8-16(4)15-9(11)2/h6-8,10,14H,5H2,1-4H3. The lowest BCUT2D eigenvalue weighted by Gasteiger charge is -2.08. The van der Waals surface area contributed by atoms with Gasteiger partial charge in [0.2, 0.25) is 0 Å². The van der Waals surface area contributed by atoms with Crippen LogP contribution in [0.15, 0.2) is 18.3 Å². The molecule has 4 heteroatoms. The van der Waals surface area contributed by atoms with Crippen molar-refractivity contribution in [1.29, 1.82) is 0 Å². The average Bonchev–Trinajstić information content (AvgIpc) is 2.85. The van der Waals surface area contributed by atoms with Crippen LogP contribution in [0.5, 0.6) is 0 Å². The Balaban J connectivity index is 2.26. The fraction of sp³-hybridized carbons (Fsp3) is 0.462. The summed E-state index contributed by atoms with van der Waals surface area (Å²) in [7, 11) is 1.96. The molecule has 0 fully saturated rings. The molecule has 2 heterocycles. The maximum atomic E-state index is 4.39. The Morgan fingerprint density at radius 2 is 2.24 bits per heavy atom. The number of aryl methyl sites for hydroxylation is 2. The highest BCUT2D eigenvalue weighted by Crippen LogP contribution is 2.32. The van der Waals surface area contributed by atoms with E-state index >= 15 is 0 Å². The van der Waals surface area contributed by atoms with Crippen LogP contribution in [0.4, 0.5) is 0 Å². The maximum absolute atomic E-state index is 4.39. The number of rotatable bonds is 4. The summed E-state index contributed by atoms with van der Waals surface area (Å²) in [5.41, 5.74) is 2.34.